The number of likely N-dealkylation sites (tertiary alicyclic amines) is 1. The molecule has 5 nitrogen and oxygen atoms in total. The second kappa shape index (κ2) is 7.34. The van der Waals surface area contributed by atoms with E-state index >= 15 is 0 Å². The first-order valence-electron chi connectivity index (χ1n) is 8.92. The lowest BCUT2D eigenvalue weighted by molar-refractivity contribution is -0.132. The summed E-state index contributed by atoms with van der Waals surface area (Å²) >= 11 is 0. The van der Waals surface area contributed by atoms with Crippen molar-refractivity contribution in [1.82, 2.24) is 4.90 Å². The van der Waals surface area contributed by atoms with E-state index in [0.29, 0.717) is 19.3 Å². The maximum atomic E-state index is 12.4. The zero-order chi connectivity index (χ0) is 17.1. The lowest BCUT2D eigenvalue weighted by atomic mass is 10.0. The van der Waals surface area contributed by atoms with E-state index < -0.39 is 0 Å². The number of anilines is 1. The van der Waals surface area contributed by atoms with Gasteiger partial charge in [0.05, 0.1) is 12.5 Å². The van der Waals surface area contributed by atoms with E-state index in [1.807, 2.05) is 17.0 Å². The van der Waals surface area contributed by atoms with Crippen LogP contribution in [0, 0.1) is 0 Å². The molecule has 2 atom stereocenters. The van der Waals surface area contributed by atoms with Gasteiger partial charge < -0.3 is 15.3 Å². The van der Waals surface area contributed by atoms with E-state index in [-0.39, 0.29) is 24.0 Å². The second-order valence-corrected chi connectivity index (χ2v) is 7.04. The number of fused-ring (bicyclic) bond motifs is 1. The van der Waals surface area contributed by atoms with Crippen molar-refractivity contribution in [3.63, 3.8) is 0 Å². The average Bonchev–Trinajstić information content (AvgIpc) is 3.11. The number of carbonyl (C=O) groups is 2. The molecule has 1 aromatic rings. The fraction of sp³-hybridized carbons (Fsp3) is 0.579. The van der Waals surface area contributed by atoms with Crippen molar-refractivity contribution in [2.24, 2.45) is 0 Å². The van der Waals surface area contributed by atoms with Gasteiger partial charge in [0.25, 0.3) is 0 Å². The van der Waals surface area contributed by atoms with Gasteiger partial charge in [-0.25, -0.2) is 0 Å². The van der Waals surface area contributed by atoms with Crippen LogP contribution in [0.15, 0.2) is 18.2 Å². The Labute approximate surface area is 143 Å². The van der Waals surface area contributed by atoms with Crippen LogP contribution in [0.5, 0.6) is 0 Å². The fourth-order valence-corrected chi connectivity index (χ4v) is 3.83. The average molecular weight is 330 g/mol. The molecule has 0 bridgehead atoms. The van der Waals surface area contributed by atoms with Crippen LogP contribution in [-0.2, 0) is 22.4 Å². The third-order valence-electron chi connectivity index (χ3n) is 4.96. The molecular weight excluding hydrogens is 304 g/mol. The summed E-state index contributed by atoms with van der Waals surface area (Å²) in [4.78, 5) is 25.8. The van der Waals surface area contributed by atoms with Crippen molar-refractivity contribution >= 4 is 17.5 Å². The Bertz CT molecular complexity index is 627. The van der Waals surface area contributed by atoms with Crippen molar-refractivity contribution in [3.05, 3.63) is 29.3 Å². The summed E-state index contributed by atoms with van der Waals surface area (Å²) in [6, 6.07) is 6.26. The standard InChI is InChI=1S/C19H26N2O3/c1-13(22)10-16-5-3-9-21(16)19(24)6-2-4-14-7-8-17-15(11-14)12-18(23)20-17/h7-8,11,13,16,22H,2-6,9-10,12H2,1H3,(H,20,23). The molecule has 2 aliphatic heterocycles. The minimum absolute atomic E-state index is 0.0514. The van der Waals surface area contributed by atoms with Gasteiger partial charge in [-0.2, -0.15) is 0 Å². The van der Waals surface area contributed by atoms with Gasteiger partial charge in [-0.05, 0) is 56.2 Å². The Balaban J connectivity index is 1.49. The third-order valence-corrected chi connectivity index (χ3v) is 4.96. The van der Waals surface area contributed by atoms with Gasteiger partial charge in [0.15, 0.2) is 0 Å². The third kappa shape index (κ3) is 3.96. The SMILES string of the molecule is CC(O)CC1CCCN1C(=O)CCCc1ccc2c(c1)CC(=O)N2. The zero-order valence-corrected chi connectivity index (χ0v) is 14.3. The van der Waals surface area contributed by atoms with Crippen LogP contribution in [0.4, 0.5) is 5.69 Å². The van der Waals surface area contributed by atoms with Crippen molar-refractivity contribution in [2.45, 2.75) is 64.0 Å². The van der Waals surface area contributed by atoms with E-state index in [1.54, 1.807) is 6.92 Å². The Morgan fingerprint density at radius 1 is 1.46 bits per heavy atom. The normalized spacial score (nSPS) is 20.8. The molecule has 1 aromatic carbocycles. The molecule has 0 radical (unpaired) electrons. The van der Waals surface area contributed by atoms with E-state index in [9.17, 15) is 14.7 Å². The summed E-state index contributed by atoms with van der Waals surface area (Å²) in [6.07, 6.45) is 5.03. The van der Waals surface area contributed by atoms with Gasteiger partial charge in [-0.15, -0.1) is 0 Å². The molecule has 1 saturated heterocycles. The number of benzene rings is 1. The molecular formula is C19H26N2O3. The van der Waals surface area contributed by atoms with Crippen LogP contribution < -0.4 is 5.32 Å². The maximum Gasteiger partial charge on any atom is 0.228 e. The largest absolute Gasteiger partial charge is 0.393 e. The number of rotatable bonds is 6. The number of nitrogens with zero attached hydrogens (tertiary/aromatic N) is 1. The molecule has 2 heterocycles. The molecule has 2 aliphatic rings. The molecule has 0 spiro atoms. The maximum absolute atomic E-state index is 12.4. The lowest BCUT2D eigenvalue weighted by Gasteiger charge is -2.25. The predicted octanol–water partition coefficient (Wildman–Crippen LogP) is 2.27. The van der Waals surface area contributed by atoms with Gasteiger partial charge in [-0.1, -0.05) is 12.1 Å². The predicted molar refractivity (Wildman–Crippen MR) is 92.7 cm³/mol. The van der Waals surface area contributed by atoms with Crippen molar-refractivity contribution in [1.29, 1.82) is 0 Å². The van der Waals surface area contributed by atoms with Crippen LogP contribution in [0.3, 0.4) is 0 Å². The molecule has 2 unspecified atom stereocenters. The van der Waals surface area contributed by atoms with E-state index in [0.717, 1.165) is 43.5 Å². The molecule has 3 rings (SSSR count). The minimum Gasteiger partial charge on any atom is -0.393 e. The molecule has 5 heteroatoms. The number of hydrogen-bond donors (Lipinski definition) is 2. The quantitative estimate of drug-likeness (QED) is 0.840. The number of nitrogens with one attached hydrogen (secondary N) is 1. The Morgan fingerprint density at radius 2 is 2.29 bits per heavy atom. The highest BCUT2D eigenvalue weighted by atomic mass is 16.3. The lowest BCUT2D eigenvalue weighted by Crippen LogP contribution is -2.37. The Morgan fingerprint density at radius 3 is 3.08 bits per heavy atom. The van der Waals surface area contributed by atoms with Crippen LogP contribution in [0.2, 0.25) is 0 Å². The summed E-state index contributed by atoms with van der Waals surface area (Å²) in [5, 5.41) is 12.4. The van der Waals surface area contributed by atoms with E-state index in [4.69, 9.17) is 0 Å². The summed E-state index contributed by atoms with van der Waals surface area (Å²) in [5.41, 5.74) is 3.15. The smallest absolute Gasteiger partial charge is 0.228 e. The van der Waals surface area contributed by atoms with Gasteiger partial charge in [0.2, 0.25) is 11.8 Å². The highest BCUT2D eigenvalue weighted by Crippen LogP contribution is 2.25. The zero-order valence-electron chi connectivity index (χ0n) is 14.3. The summed E-state index contributed by atoms with van der Waals surface area (Å²) in [6.45, 7) is 2.61. The second-order valence-electron chi connectivity index (χ2n) is 7.04. The summed E-state index contributed by atoms with van der Waals surface area (Å²) in [5.74, 6) is 0.256. The summed E-state index contributed by atoms with van der Waals surface area (Å²) in [7, 11) is 0. The van der Waals surface area contributed by atoms with E-state index in [1.165, 1.54) is 5.56 Å². The van der Waals surface area contributed by atoms with Crippen molar-refractivity contribution in [3.8, 4) is 0 Å². The van der Waals surface area contributed by atoms with Crippen LogP contribution >= 0.6 is 0 Å². The van der Waals surface area contributed by atoms with Crippen LogP contribution in [-0.4, -0.2) is 40.5 Å². The van der Waals surface area contributed by atoms with Crippen LogP contribution in [0.25, 0.3) is 0 Å². The Hall–Kier alpha value is -1.88. The van der Waals surface area contributed by atoms with Gasteiger partial charge >= 0.3 is 0 Å². The number of aliphatic hydroxyl groups is 1. The first-order chi connectivity index (χ1) is 11.5. The highest BCUT2D eigenvalue weighted by molar-refractivity contribution is 5.99. The number of amides is 2. The molecule has 130 valence electrons. The molecule has 1 fully saturated rings. The fourth-order valence-electron chi connectivity index (χ4n) is 3.83. The number of hydrogen-bond acceptors (Lipinski definition) is 3. The van der Waals surface area contributed by atoms with E-state index in [2.05, 4.69) is 11.4 Å². The first-order valence-corrected chi connectivity index (χ1v) is 8.92. The van der Waals surface area contributed by atoms with Gasteiger partial charge in [0.1, 0.15) is 0 Å². The van der Waals surface area contributed by atoms with Gasteiger partial charge in [-0.3, -0.25) is 9.59 Å². The molecule has 2 N–H and O–H groups in total. The molecule has 0 aromatic heterocycles. The molecule has 24 heavy (non-hydrogen) atoms. The molecule has 0 saturated carbocycles. The highest BCUT2D eigenvalue weighted by Gasteiger charge is 2.28. The minimum atomic E-state index is -0.355. The van der Waals surface area contributed by atoms with Crippen LogP contribution in [0.1, 0.15) is 50.2 Å². The van der Waals surface area contributed by atoms with Gasteiger partial charge in [0, 0.05) is 24.7 Å². The first kappa shape index (κ1) is 17.0. The number of aryl methyl sites for hydroxylation is 1. The number of carbonyl (C=O) groups excluding carboxylic acids is 2. The Kier molecular flexibility index (Phi) is 5.19. The molecule has 2 amide bonds. The van der Waals surface area contributed by atoms with Crippen molar-refractivity contribution < 1.29 is 14.7 Å². The topological polar surface area (TPSA) is 69.6 Å². The monoisotopic (exact) mass is 330 g/mol. The molecule has 0 aliphatic carbocycles. The van der Waals surface area contributed by atoms with Crippen molar-refractivity contribution in [2.75, 3.05) is 11.9 Å². The summed E-state index contributed by atoms with van der Waals surface area (Å²) < 4.78 is 0. The number of aliphatic hydroxyl groups excluding tert-OH is 1.